The lowest BCUT2D eigenvalue weighted by Crippen LogP contribution is -2.40. The highest BCUT2D eigenvalue weighted by molar-refractivity contribution is 5.90. The second kappa shape index (κ2) is 7.70. The predicted octanol–water partition coefficient (Wildman–Crippen LogP) is 1.83. The van der Waals surface area contributed by atoms with Crippen LogP contribution in [0.2, 0.25) is 0 Å². The molecule has 30 heavy (non-hydrogen) atoms. The number of H-pyrrole nitrogens is 1. The molecule has 0 bridgehead atoms. The van der Waals surface area contributed by atoms with E-state index in [1.165, 1.54) is 11.7 Å². The number of rotatable bonds is 5. The van der Waals surface area contributed by atoms with Crippen molar-refractivity contribution in [2.24, 2.45) is 0 Å². The van der Waals surface area contributed by atoms with Gasteiger partial charge in [-0.2, -0.15) is 5.10 Å². The number of methoxy groups -OCH3 is 1. The van der Waals surface area contributed by atoms with Crippen LogP contribution >= 0.6 is 0 Å². The normalized spacial score (nSPS) is 10.9. The van der Waals surface area contributed by atoms with Crippen molar-refractivity contribution in [3.8, 4) is 11.4 Å². The number of anilines is 1. The van der Waals surface area contributed by atoms with Gasteiger partial charge in [0.15, 0.2) is 5.82 Å². The minimum atomic E-state index is -0.614. The summed E-state index contributed by atoms with van der Waals surface area (Å²) >= 11 is 0. The number of hydrogen-bond donors (Lipinski definition) is 2. The van der Waals surface area contributed by atoms with Gasteiger partial charge < -0.3 is 10.1 Å². The van der Waals surface area contributed by atoms with Crippen LogP contribution in [0.15, 0.2) is 64.2 Å². The molecule has 4 aromatic rings. The monoisotopic (exact) mass is 405 g/mol. The number of aromatic amines is 1. The number of nitrogens with one attached hydrogen (secondary N) is 2. The van der Waals surface area contributed by atoms with Crippen LogP contribution in [0.1, 0.15) is 5.69 Å². The van der Waals surface area contributed by atoms with Gasteiger partial charge in [-0.3, -0.25) is 19.3 Å². The van der Waals surface area contributed by atoms with Gasteiger partial charge in [0.25, 0.3) is 5.56 Å². The van der Waals surface area contributed by atoms with Crippen molar-refractivity contribution in [2.45, 2.75) is 13.5 Å². The minimum absolute atomic E-state index is 0.276. The SMILES string of the molecule is COc1ccc(-n2c(=O)c3ccccc3n(CC(=O)Nc3cc(C)[nH]n3)c2=O)cc1. The number of carbonyl (C=O) groups excluding carboxylic acids is 1. The summed E-state index contributed by atoms with van der Waals surface area (Å²) in [5.41, 5.74) is 0.484. The van der Waals surface area contributed by atoms with Gasteiger partial charge in [0.1, 0.15) is 12.3 Å². The van der Waals surface area contributed by atoms with Gasteiger partial charge in [0.05, 0.1) is 23.7 Å². The van der Waals surface area contributed by atoms with Crippen LogP contribution in [0.25, 0.3) is 16.6 Å². The Balaban J connectivity index is 1.83. The van der Waals surface area contributed by atoms with Crippen molar-refractivity contribution >= 4 is 22.6 Å². The van der Waals surface area contributed by atoms with Crippen LogP contribution in [-0.2, 0) is 11.3 Å². The van der Waals surface area contributed by atoms with E-state index in [4.69, 9.17) is 4.74 Å². The fraction of sp³-hybridized carbons (Fsp3) is 0.143. The van der Waals surface area contributed by atoms with Gasteiger partial charge >= 0.3 is 5.69 Å². The van der Waals surface area contributed by atoms with E-state index in [-0.39, 0.29) is 6.54 Å². The van der Waals surface area contributed by atoms with Gasteiger partial charge in [0, 0.05) is 11.8 Å². The third-order valence-corrected chi connectivity index (χ3v) is 4.66. The fourth-order valence-electron chi connectivity index (χ4n) is 3.24. The molecule has 0 unspecified atom stereocenters. The molecule has 0 saturated heterocycles. The highest BCUT2D eigenvalue weighted by Gasteiger charge is 2.17. The Morgan fingerprint density at radius 2 is 1.87 bits per heavy atom. The molecule has 0 radical (unpaired) electrons. The quantitative estimate of drug-likeness (QED) is 0.526. The first-order valence-electron chi connectivity index (χ1n) is 9.19. The molecule has 2 aromatic heterocycles. The number of nitrogens with zero attached hydrogens (tertiary/aromatic N) is 3. The minimum Gasteiger partial charge on any atom is -0.497 e. The average Bonchev–Trinajstić information content (AvgIpc) is 3.16. The zero-order valence-corrected chi connectivity index (χ0v) is 16.4. The maximum atomic E-state index is 13.2. The molecule has 2 heterocycles. The van der Waals surface area contributed by atoms with Crippen molar-refractivity contribution in [2.75, 3.05) is 12.4 Å². The Morgan fingerprint density at radius 1 is 1.13 bits per heavy atom. The van der Waals surface area contributed by atoms with Gasteiger partial charge in [-0.05, 0) is 43.3 Å². The fourth-order valence-corrected chi connectivity index (χ4v) is 3.24. The molecule has 1 amide bonds. The number of aromatic nitrogens is 4. The Kier molecular flexibility index (Phi) is 4.93. The summed E-state index contributed by atoms with van der Waals surface area (Å²) in [6.45, 7) is 1.53. The summed E-state index contributed by atoms with van der Waals surface area (Å²) in [6, 6.07) is 14.9. The van der Waals surface area contributed by atoms with E-state index in [1.807, 2.05) is 6.92 Å². The Hall–Kier alpha value is -4.14. The number of aryl methyl sites for hydroxylation is 1. The molecule has 2 aromatic carbocycles. The molecule has 0 aliphatic carbocycles. The molecule has 9 heteroatoms. The third-order valence-electron chi connectivity index (χ3n) is 4.66. The van der Waals surface area contributed by atoms with E-state index < -0.39 is 17.2 Å². The summed E-state index contributed by atoms with van der Waals surface area (Å²) < 4.78 is 7.46. The van der Waals surface area contributed by atoms with Crippen molar-refractivity contribution in [3.63, 3.8) is 0 Å². The number of ether oxygens (including phenoxy) is 1. The molecular formula is C21H19N5O4. The van der Waals surface area contributed by atoms with Crippen LogP contribution in [0.4, 0.5) is 5.82 Å². The first-order valence-corrected chi connectivity index (χ1v) is 9.19. The lowest BCUT2D eigenvalue weighted by molar-refractivity contribution is -0.116. The van der Waals surface area contributed by atoms with Crippen LogP contribution in [-0.4, -0.2) is 32.3 Å². The first kappa shape index (κ1) is 19.2. The van der Waals surface area contributed by atoms with Crippen LogP contribution in [0.5, 0.6) is 5.75 Å². The van der Waals surface area contributed by atoms with E-state index in [2.05, 4.69) is 15.5 Å². The molecule has 0 atom stereocenters. The van der Waals surface area contributed by atoms with Crippen molar-refractivity contribution in [1.82, 2.24) is 19.3 Å². The molecule has 2 N–H and O–H groups in total. The average molecular weight is 405 g/mol. The molecular weight excluding hydrogens is 386 g/mol. The molecule has 152 valence electrons. The van der Waals surface area contributed by atoms with E-state index in [1.54, 1.807) is 54.6 Å². The molecule has 0 aliphatic heterocycles. The van der Waals surface area contributed by atoms with Crippen LogP contribution in [0, 0.1) is 6.92 Å². The van der Waals surface area contributed by atoms with E-state index in [0.29, 0.717) is 28.2 Å². The van der Waals surface area contributed by atoms with E-state index in [9.17, 15) is 14.4 Å². The smallest absolute Gasteiger partial charge is 0.336 e. The summed E-state index contributed by atoms with van der Waals surface area (Å²) in [6.07, 6.45) is 0. The number of benzene rings is 2. The highest BCUT2D eigenvalue weighted by atomic mass is 16.5. The Morgan fingerprint density at radius 3 is 2.53 bits per heavy atom. The van der Waals surface area contributed by atoms with Crippen molar-refractivity contribution in [1.29, 1.82) is 0 Å². The maximum absolute atomic E-state index is 13.2. The Labute approximate surface area is 170 Å². The van der Waals surface area contributed by atoms with Crippen molar-refractivity contribution in [3.05, 3.63) is 81.1 Å². The topological polar surface area (TPSA) is 111 Å². The second-order valence-corrected chi connectivity index (χ2v) is 6.71. The van der Waals surface area contributed by atoms with Crippen LogP contribution < -0.4 is 21.3 Å². The summed E-state index contributed by atoms with van der Waals surface area (Å²) in [5, 5.41) is 9.68. The zero-order chi connectivity index (χ0) is 21.3. The summed E-state index contributed by atoms with van der Waals surface area (Å²) in [7, 11) is 1.53. The van der Waals surface area contributed by atoms with E-state index >= 15 is 0 Å². The molecule has 4 rings (SSSR count). The number of hydrogen-bond acceptors (Lipinski definition) is 5. The molecule has 0 saturated carbocycles. The van der Waals surface area contributed by atoms with Gasteiger partial charge in [-0.1, -0.05) is 12.1 Å². The van der Waals surface area contributed by atoms with Gasteiger partial charge in [-0.15, -0.1) is 0 Å². The van der Waals surface area contributed by atoms with Gasteiger partial charge in [-0.25, -0.2) is 9.36 Å². The predicted molar refractivity (Wildman–Crippen MR) is 112 cm³/mol. The number of carbonyl (C=O) groups is 1. The third kappa shape index (κ3) is 3.48. The molecule has 0 aliphatic rings. The second-order valence-electron chi connectivity index (χ2n) is 6.71. The lowest BCUT2D eigenvalue weighted by atomic mass is 10.2. The summed E-state index contributed by atoms with van der Waals surface area (Å²) in [4.78, 5) is 38.9. The summed E-state index contributed by atoms with van der Waals surface area (Å²) in [5.74, 6) is 0.522. The Bertz CT molecular complexity index is 1350. The number of amides is 1. The number of para-hydroxylation sites is 1. The van der Waals surface area contributed by atoms with E-state index in [0.717, 1.165) is 10.3 Å². The molecule has 0 spiro atoms. The van der Waals surface area contributed by atoms with Gasteiger partial charge in [0.2, 0.25) is 5.91 Å². The first-order chi connectivity index (χ1) is 14.5. The highest BCUT2D eigenvalue weighted by Crippen LogP contribution is 2.14. The molecule has 0 fully saturated rings. The largest absolute Gasteiger partial charge is 0.497 e. The van der Waals surface area contributed by atoms with Crippen molar-refractivity contribution < 1.29 is 9.53 Å². The lowest BCUT2D eigenvalue weighted by Gasteiger charge is -2.14. The van der Waals surface area contributed by atoms with Crippen LogP contribution in [0.3, 0.4) is 0 Å². The maximum Gasteiger partial charge on any atom is 0.336 e. The molecule has 9 nitrogen and oxygen atoms in total. The standard InChI is InChI=1S/C21H19N5O4/c1-13-11-18(24-23-13)22-19(27)12-25-17-6-4-3-5-16(17)20(28)26(21(25)29)14-7-9-15(30-2)10-8-14/h3-11H,12H2,1-2H3,(H2,22,23,24,27). The number of fused-ring (bicyclic) bond motifs is 1. The zero-order valence-electron chi connectivity index (χ0n) is 16.4.